The van der Waals surface area contributed by atoms with Gasteiger partial charge in [-0.3, -0.25) is 14.8 Å². The van der Waals surface area contributed by atoms with Crippen molar-refractivity contribution in [1.82, 2.24) is 15.2 Å². The van der Waals surface area contributed by atoms with Gasteiger partial charge in [-0.2, -0.15) is 0 Å². The fraction of sp³-hybridized carbons (Fsp3) is 0.182. The summed E-state index contributed by atoms with van der Waals surface area (Å²) in [5.74, 6) is -0.129. The molecule has 2 rings (SSSR count). The second-order valence-electron chi connectivity index (χ2n) is 3.31. The Labute approximate surface area is 93.5 Å². The normalized spacial score (nSPS) is 13.9. The zero-order valence-corrected chi connectivity index (χ0v) is 8.71. The van der Waals surface area contributed by atoms with E-state index < -0.39 is 0 Å². The Balaban J connectivity index is 1.84. The first kappa shape index (κ1) is 10.4. The number of aliphatic imine (C=N–C) groups is 1. The number of carbonyl (C=O) groups excluding carboxylic acids is 1. The molecule has 1 aromatic heterocycles. The molecule has 5 heteroatoms. The van der Waals surface area contributed by atoms with Gasteiger partial charge in [0.1, 0.15) is 6.67 Å². The van der Waals surface area contributed by atoms with Crippen LogP contribution in [0.25, 0.3) is 0 Å². The Morgan fingerprint density at radius 2 is 2.50 bits per heavy atom. The number of nitrogens with zero attached hydrogens (tertiary/aromatic N) is 3. The van der Waals surface area contributed by atoms with Crippen molar-refractivity contribution in [1.29, 1.82) is 0 Å². The summed E-state index contributed by atoms with van der Waals surface area (Å²) in [5.41, 5.74) is 0.562. The topological polar surface area (TPSA) is 57.6 Å². The molecule has 0 saturated heterocycles. The number of rotatable bonds is 3. The Hall–Kier alpha value is -2.17. The van der Waals surface area contributed by atoms with Gasteiger partial charge in [0.2, 0.25) is 0 Å². The Bertz CT molecular complexity index is 413. The Morgan fingerprint density at radius 3 is 3.19 bits per heavy atom. The highest BCUT2D eigenvalue weighted by Crippen LogP contribution is 1.97. The van der Waals surface area contributed by atoms with Crippen molar-refractivity contribution in [2.45, 2.75) is 0 Å². The third-order valence-electron chi connectivity index (χ3n) is 2.12. The number of carbonyl (C=O) groups is 1. The zero-order chi connectivity index (χ0) is 11.2. The summed E-state index contributed by atoms with van der Waals surface area (Å²) in [5, 5.41) is 2.79. The van der Waals surface area contributed by atoms with E-state index in [1.165, 1.54) is 0 Å². The van der Waals surface area contributed by atoms with Crippen LogP contribution < -0.4 is 5.32 Å². The standard InChI is InChI=1S/C11H12N4O/c16-11(10-3-1-4-12-7-10)14-9-15-6-2-5-13-8-15/h1-7H,8-9H2,(H,14,16). The molecule has 82 valence electrons. The quantitative estimate of drug-likeness (QED) is 0.806. The van der Waals surface area contributed by atoms with E-state index in [9.17, 15) is 4.79 Å². The molecule has 5 nitrogen and oxygen atoms in total. The summed E-state index contributed by atoms with van der Waals surface area (Å²) in [7, 11) is 0. The van der Waals surface area contributed by atoms with E-state index in [4.69, 9.17) is 0 Å². The van der Waals surface area contributed by atoms with Gasteiger partial charge in [0.25, 0.3) is 5.91 Å². The number of hydrogen-bond acceptors (Lipinski definition) is 4. The van der Waals surface area contributed by atoms with Gasteiger partial charge in [-0.1, -0.05) is 0 Å². The summed E-state index contributed by atoms with van der Waals surface area (Å²) >= 11 is 0. The van der Waals surface area contributed by atoms with Crippen LogP contribution in [0.2, 0.25) is 0 Å². The molecule has 0 radical (unpaired) electrons. The average Bonchev–Trinajstić information content (AvgIpc) is 2.38. The van der Waals surface area contributed by atoms with Crippen molar-refractivity contribution < 1.29 is 4.79 Å². The molecule has 0 atom stereocenters. The van der Waals surface area contributed by atoms with Crippen molar-refractivity contribution in [3.05, 3.63) is 42.4 Å². The fourth-order valence-corrected chi connectivity index (χ4v) is 1.30. The molecule has 1 N–H and O–H groups in total. The maximum atomic E-state index is 11.6. The first-order valence-corrected chi connectivity index (χ1v) is 4.95. The molecule has 1 aliphatic rings. The van der Waals surface area contributed by atoms with E-state index in [2.05, 4.69) is 15.3 Å². The Morgan fingerprint density at radius 1 is 1.56 bits per heavy atom. The maximum Gasteiger partial charge on any atom is 0.254 e. The Kier molecular flexibility index (Phi) is 3.28. The lowest BCUT2D eigenvalue weighted by Crippen LogP contribution is -2.35. The zero-order valence-electron chi connectivity index (χ0n) is 8.71. The van der Waals surface area contributed by atoms with Crippen LogP contribution in [0.15, 0.2) is 41.8 Å². The molecule has 0 aromatic carbocycles. The van der Waals surface area contributed by atoms with Crippen molar-refractivity contribution in [3.8, 4) is 0 Å². The van der Waals surface area contributed by atoms with Gasteiger partial charge in [-0.15, -0.1) is 0 Å². The number of amides is 1. The van der Waals surface area contributed by atoms with Gasteiger partial charge in [0.15, 0.2) is 0 Å². The smallest absolute Gasteiger partial charge is 0.254 e. The molecule has 1 amide bonds. The van der Waals surface area contributed by atoms with Gasteiger partial charge < -0.3 is 10.2 Å². The van der Waals surface area contributed by atoms with Crippen LogP contribution in [0.3, 0.4) is 0 Å². The van der Waals surface area contributed by atoms with E-state index >= 15 is 0 Å². The van der Waals surface area contributed by atoms with Crippen LogP contribution in [0.5, 0.6) is 0 Å². The highest BCUT2D eigenvalue weighted by atomic mass is 16.1. The van der Waals surface area contributed by atoms with Crippen molar-refractivity contribution in [3.63, 3.8) is 0 Å². The largest absolute Gasteiger partial charge is 0.341 e. The van der Waals surface area contributed by atoms with Crippen molar-refractivity contribution in [2.75, 3.05) is 13.3 Å². The molecule has 0 aliphatic carbocycles. The lowest BCUT2D eigenvalue weighted by molar-refractivity contribution is 0.0935. The van der Waals surface area contributed by atoms with Crippen LogP contribution in [-0.4, -0.2) is 35.3 Å². The van der Waals surface area contributed by atoms with Gasteiger partial charge >= 0.3 is 0 Å². The van der Waals surface area contributed by atoms with Gasteiger partial charge in [-0.05, 0) is 18.2 Å². The van der Waals surface area contributed by atoms with Gasteiger partial charge in [0.05, 0.1) is 12.2 Å². The monoisotopic (exact) mass is 216 g/mol. The van der Waals surface area contributed by atoms with Crippen LogP contribution in [0.1, 0.15) is 10.4 Å². The molecule has 0 bridgehead atoms. The van der Waals surface area contributed by atoms with E-state index in [1.807, 2.05) is 17.2 Å². The summed E-state index contributed by atoms with van der Waals surface area (Å²) in [4.78, 5) is 21.5. The second kappa shape index (κ2) is 5.06. The third-order valence-corrected chi connectivity index (χ3v) is 2.12. The van der Waals surface area contributed by atoms with Crippen molar-refractivity contribution >= 4 is 12.1 Å². The molecule has 0 fully saturated rings. The molecule has 0 spiro atoms. The lowest BCUT2D eigenvalue weighted by atomic mass is 10.3. The predicted octanol–water partition coefficient (Wildman–Crippen LogP) is 0.626. The summed E-state index contributed by atoms with van der Waals surface area (Å²) < 4.78 is 0. The number of allylic oxidation sites excluding steroid dienone is 1. The summed E-state index contributed by atoms with van der Waals surface area (Å²) in [6.45, 7) is 1.02. The van der Waals surface area contributed by atoms with Gasteiger partial charge in [-0.25, -0.2) is 0 Å². The molecule has 16 heavy (non-hydrogen) atoms. The molecule has 1 aromatic rings. The fourth-order valence-electron chi connectivity index (χ4n) is 1.30. The summed E-state index contributed by atoms with van der Waals surface area (Å²) in [6.07, 6.45) is 8.63. The first-order valence-electron chi connectivity index (χ1n) is 4.95. The van der Waals surface area contributed by atoms with Gasteiger partial charge in [0, 0.05) is 24.8 Å². The van der Waals surface area contributed by atoms with Crippen LogP contribution in [-0.2, 0) is 0 Å². The SMILES string of the molecule is O=C(NCN1C=CC=NC1)c1cccnc1. The molecule has 2 heterocycles. The predicted molar refractivity (Wildman–Crippen MR) is 60.9 cm³/mol. The van der Waals surface area contributed by atoms with Crippen LogP contribution in [0, 0.1) is 0 Å². The minimum absolute atomic E-state index is 0.129. The number of pyridine rings is 1. The van der Waals surface area contributed by atoms with Crippen LogP contribution in [0.4, 0.5) is 0 Å². The first-order chi connectivity index (χ1) is 7.86. The third kappa shape index (κ3) is 2.66. The summed E-state index contributed by atoms with van der Waals surface area (Å²) in [6, 6.07) is 3.46. The van der Waals surface area contributed by atoms with Crippen LogP contribution >= 0.6 is 0 Å². The van der Waals surface area contributed by atoms with E-state index in [0.29, 0.717) is 18.9 Å². The highest BCUT2D eigenvalue weighted by molar-refractivity contribution is 5.93. The molecule has 1 aliphatic heterocycles. The van der Waals surface area contributed by atoms with E-state index in [1.54, 1.807) is 30.7 Å². The number of hydrogen-bond donors (Lipinski definition) is 1. The molecule has 0 unspecified atom stereocenters. The molecule has 0 saturated carbocycles. The molecular weight excluding hydrogens is 204 g/mol. The number of aromatic nitrogens is 1. The second-order valence-corrected chi connectivity index (χ2v) is 3.31. The molecular formula is C11H12N4O. The minimum Gasteiger partial charge on any atom is -0.341 e. The maximum absolute atomic E-state index is 11.6. The number of nitrogens with one attached hydrogen (secondary N) is 1. The average molecular weight is 216 g/mol. The minimum atomic E-state index is -0.129. The van der Waals surface area contributed by atoms with Crippen molar-refractivity contribution in [2.24, 2.45) is 4.99 Å². The lowest BCUT2D eigenvalue weighted by Gasteiger charge is -2.19. The van der Waals surface area contributed by atoms with E-state index in [0.717, 1.165) is 0 Å². The highest BCUT2D eigenvalue weighted by Gasteiger charge is 2.06. The van der Waals surface area contributed by atoms with E-state index in [-0.39, 0.29) is 5.91 Å².